The SMILES string of the molecule is CCOP(OCC)C(F)(F)c1cccc(CC(C(=O)OCc2ccccc2)N(C)C)c1. The molecule has 0 aliphatic carbocycles. The monoisotopic (exact) mass is 453 g/mol. The van der Waals surface area contributed by atoms with Gasteiger partial charge < -0.3 is 13.8 Å². The van der Waals surface area contributed by atoms with E-state index in [1.165, 1.54) is 12.1 Å². The van der Waals surface area contributed by atoms with E-state index in [1.807, 2.05) is 30.3 Å². The van der Waals surface area contributed by atoms with Gasteiger partial charge in [0.15, 0.2) is 0 Å². The summed E-state index contributed by atoms with van der Waals surface area (Å²) in [6, 6.07) is 14.8. The molecule has 0 fully saturated rings. The Morgan fingerprint density at radius 1 is 1.00 bits per heavy atom. The maximum absolute atomic E-state index is 15.0. The number of carbonyl (C=O) groups excluding carboxylic acids is 1. The highest BCUT2D eigenvalue weighted by Gasteiger charge is 2.44. The third-order valence-corrected chi connectivity index (χ3v) is 6.25. The van der Waals surface area contributed by atoms with Gasteiger partial charge in [0.1, 0.15) is 12.6 Å². The first kappa shape index (κ1) is 25.3. The lowest BCUT2D eigenvalue weighted by molar-refractivity contribution is -0.150. The highest BCUT2D eigenvalue weighted by Crippen LogP contribution is 2.59. The summed E-state index contributed by atoms with van der Waals surface area (Å²) in [4.78, 5) is 14.4. The van der Waals surface area contributed by atoms with Crippen molar-refractivity contribution < 1.29 is 27.4 Å². The molecule has 2 aromatic carbocycles. The van der Waals surface area contributed by atoms with Crippen LogP contribution in [0.4, 0.5) is 8.78 Å². The molecule has 1 atom stereocenters. The van der Waals surface area contributed by atoms with Crippen LogP contribution in [0.3, 0.4) is 0 Å². The molecule has 2 rings (SSSR count). The minimum atomic E-state index is -3.27. The topological polar surface area (TPSA) is 48.0 Å². The van der Waals surface area contributed by atoms with Crippen LogP contribution in [-0.4, -0.2) is 44.2 Å². The van der Waals surface area contributed by atoms with Gasteiger partial charge in [-0.05, 0) is 51.6 Å². The quantitative estimate of drug-likeness (QED) is 0.321. The number of rotatable bonds is 12. The summed E-state index contributed by atoms with van der Waals surface area (Å²) in [5.74, 6) is -0.406. The van der Waals surface area contributed by atoms with E-state index in [2.05, 4.69) is 0 Å². The van der Waals surface area contributed by atoms with E-state index < -0.39 is 26.1 Å². The van der Waals surface area contributed by atoms with Crippen LogP contribution in [0, 0.1) is 0 Å². The maximum atomic E-state index is 15.0. The number of hydrogen-bond donors (Lipinski definition) is 0. The first-order valence-corrected chi connectivity index (χ1v) is 11.4. The smallest absolute Gasteiger partial charge is 0.339 e. The maximum Gasteiger partial charge on any atom is 0.339 e. The van der Waals surface area contributed by atoms with Crippen LogP contribution in [0.25, 0.3) is 0 Å². The van der Waals surface area contributed by atoms with Gasteiger partial charge in [-0.1, -0.05) is 48.5 Å². The van der Waals surface area contributed by atoms with E-state index in [4.69, 9.17) is 13.8 Å². The van der Waals surface area contributed by atoms with E-state index in [0.717, 1.165) is 5.56 Å². The van der Waals surface area contributed by atoms with Crippen molar-refractivity contribution in [3.8, 4) is 0 Å². The first-order valence-electron chi connectivity index (χ1n) is 10.2. The summed E-state index contributed by atoms with van der Waals surface area (Å²) in [7, 11) is 1.12. The van der Waals surface area contributed by atoms with Crippen LogP contribution in [0.15, 0.2) is 54.6 Å². The Morgan fingerprint density at radius 2 is 1.61 bits per heavy atom. The van der Waals surface area contributed by atoms with Gasteiger partial charge in [-0.2, -0.15) is 8.78 Å². The number of alkyl halides is 2. The number of likely N-dealkylation sites (N-methyl/N-ethyl adjacent to an activating group) is 1. The second kappa shape index (κ2) is 12.2. The molecule has 5 nitrogen and oxygen atoms in total. The summed E-state index contributed by atoms with van der Waals surface area (Å²) in [5, 5.41) is 0. The summed E-state index contributed by atoms with van der Waals surface area (Å²) >= 11 is 0. The second-order valence-corrected chi connectivity index (χ2v) is 8.70. The minimum absolute atomic E-state index is 0.136. The van der Waals surface area contributed by atoms with Gasteiger partial charge in [-0.3, -0.25) is 9.69 Å². The molecule has 0 aliphatic heterocycles. The zero-order valence-electron chi connectivity index (χ0n) is 18.4. The standard InChI is InChI=1S/C23H30F2NO4P/c1-5-29-31(30-6-2)23(24,25)20-14-10-13-19(15-20)16-21(26(3)4)22(27)28-17-18-11-8-7-9-12-18/h7-15,21H,5-6,16-17H2,1-4H3. The van der Waals surface area contributed by atoms with Gasteiger partial charge in [0.2, 0.25) is 0 Å². The molecule has 0 N–H and O–H groups in total. The number of halogens is 2. The van der Waals surface area contributed by atoms with Crippen molar-refractivity contribution in [3.63, 3.8) is 0 Å². The molecule has 0 amide bonds. The van der Waals surface area contributed by atoms with Crippen LogP contribution in [0.1, 0.15) is 30.5 Å². The van der Waals surface area contributed by atoms with E-state index in [0.29, 0.717) is 5.56 Å². The van der Waals surface area contributed by atoms with Crippen LogP contribution >= 0.6 is 8.38 Å². The van der Waals surface area contributed by atoms with Crippen molar-refractivity contribution in [3.05, 3.63) is 71.3 Å². The van der Waals surface area contributed by atoms with Gasteiger partial charge in [-0.15, -0.1) is 0 Å². The average molecular weight is 453 g/mol. The summed E-state index contributed by atoms with van der Waals surface area (Å²) in [6.07, 6.45) is 0.242. The molecule has 0 heterocycles. The van der Waals surface area contributed by atoms with Crippen molar-refractivity contribution >= 4 is 14.3 Å². The molecule has 1 unspecified atom stereocenters. The lowest BCUT2D eigenvalue weighted by atomic mass is 10.0. The largest absolute Gasteiger partial charge is 0.460 e. The fourth-order valence-corrected chi connectivity index (χ4v) is 4.17. The van der Waals surface area contributed by atoms with Crippen LogP contribution in [0.5, 0.6) is 0 Å². The number of nitrogens with zero attached hydrogens (tertiary/aromatic N) is 1. The molecular formula is C23H30F2NO4P. The van der Waals surface area contributed by atoms with Gasteiger partial charge in [0, 0.05) is 5.56 Å². The normalized spacial score (nSPS) is 12.9. The molecule has 0 spiro atoms. The Kier molecular flexibility index (Phi) is 9.97. The van der Waals surface area contributed by atoms with Crippen molar-refractivity contribution in [2.45, 2.75) is 38.6 Å². The highest BCUT2D eigenvalue weighted by atomic mass is 31.2. The van der Waals surface area contributed by atoms with Crippen molar-refractivity contribution in [1.29, 1.82) is 0 Å². The Labute approximate surface area is 184 Å². The molecule has 170 valence electrons. The fourth-order valence-electron chi connectivity index (χ4n) is 2.95. The Bertz CT molecular complexity index is 814. The van der Waals surface area contributed by atoms with Gasteiger partial charge in [0.25, 0.3) is 8.38 Å². The molecular weight excluding hydrogens is 423 g/mol. The lowest BCUT2D eigenvalue weighted by Gasteiger charge is -2.26. The summed E-state index contributed by atoms with van der Waals surface area (Å²) in [6.45, 7) is 3.75. The number of carbonyl (C=O) groups is 1. The molecule has 2 aromatic rings. The number of esters is 1. The van der Waals surface area contributed by atoms with Crippen LogP contribution < -0.4 is 0 Å². The van der Waals surface area contributed by atoms with Crippen molar-refractivity contribution in [2.75, 3.05) is 27.3 Å². The molecule has 0 aromatic heterocycles. The van der Waals surface area contributed by atoms with Crippen LogP contribution in [0.2, 0.25) is 0 Å². The van der Waals surface area contributed by atoms with E-state index >= 15 is 8.78 Å². The molecule has 0 aliphatic rings. The first-order chi connectivity index (χ1) is 14.8. The predicted molar refractivity (Wildman–Crippen MR) is 118 cm³/mol. The summed E-state index contributed by atoms with van der Waals surface area (Å²) < 4.78 is 45.9. The van der Waals surface area contributed by atoms with Gasteiger partial charge in [0.05, 0.1) is 13.2 Å². The van der Waals surface area contributed by atoms with Gasteiger partial charge >= 0.3 is 11.6 Å². The zero-order chi connectivity index (χ0) is 22.9. The Balaban J connectivity index is 2.14. The molecule has 0 radical (unpaired) electrons. The molecule has 31 heavy (non-hydrogen) atoms. The van der Waals surface area contributed by atoms with Crippen molar-refractivity contribution in [1.82, 2.24) is 4.90 Å². The zero-order valence-corrected chi connectivity index (χ0v) is 19.3. The third-order valence-electron chi connectivity index (χ3n) is 4.54. The molecule has 0 saturated carbocycles. The van der Waals surface area contributed by atoms with E-state index in [-0.39, 0.29) is 31.8 Å². The lowest BCUT2D eigenvalue weighted by Crippen LogP contribution is -2.39. The van der Waals surface area contributed by atoms with E-state index in [1.54, 1.807) is 45.0 Å². The van der Waals surface area contributed by atoms with Crippen molar-refractivity contribution in [2.24, 2.45) is 0 Å². The minimum Gasteiger partial charge on any atom is -0.460 e. The highest BCUT2D eigenvalue weighted by molar-refractivity contribution is 7.48. The molecule has 8 heteroatoms. The fraction of sp³-hybridized carbons (Fsp3) is 0.435. The number of hydrogen-bond acceptors (Lipinski definition) is 5. The number of ether oxygens (including phenoxy) is 1. The average Bonchev–Trinajstić information content (AvgIpc) is 2.76. The number of benzene rings is 2. The molecule has 0 bridgehead atoms. The van der Waals surface area contributed by atoms with Gasteiger partial charge in [-0.25, -0.2) is 0 Å². The predicted octanol–water partition coefficient (Wildman–Crippen LogP) is 5.34. The van der Waals surface area contributed by atoms with E-state index in [9.17, 15) is 4.79 Å². The second-order valence-electron chi connectivity index (χ2n) is 7.11. The third kappa shape index (κ3) is 7.32. The summed E-state index contributed by atoms with van der Waals surface area (Å²) in [5.41, 5.74) is -1.96. The Morgan fingerprint density at radius 3 is 2.19 bits per heavy atom. The Hall–Kier alpha value is -1.92. The van der Waals surface area contributed by atoms with Crippen LogP contribution in [-0.2, 0) is 37.3 Å². The molecule has 0 saturated heterocycles.